The zero-order chi connectivity index (χ0) is 42.9. The van der Waals surface area contributed by atoms with Crippen LogP contribution >= 0.6 is 0 Å². The number of carbonyl (C=O) groups excluding carboxylic acids is 3. The molecule has 0 bridgehead atoms. The maximum Gasteiger partial charge on any atom is 0.309 e. The van der Waals surface area contributed by atoms with E-state index in [1.54, 1.807) is 0 Å². The molecule has 4 saturated carbocycles. The maximum atomic E-state index is 14.8. The first-order valence-electron chi connectivity index (χ1n) is 20.7. The van der Waals surface area contributed by atoms with Crippen LogP contribution in [-0.2, 0) is 38.1 Å². The molecular formula is C42H60O16-2. The fourth-order valence-corrected chi connectivity index (χ4v) is 13.4. The van der Waals surface area contributed by atoms with E-state index in [4.69, 9.17) is 18.9 Å². The number of hydrogen-bond donors (Lipinski definition) is 6. The van der Waals surface area contributed by atoms with Gasteiger partial charge in [0.25, 0.3) is 0 Å². The summed E-state index contributed by atoms with van der Waals surface area (Å²) in [7, 11) is 0. The van der Waals surface area contributed by atoms with Crippen LogP contribution in [0.3, 0.4) is 0 Å². The van der Waals surface area contributed by atoms with E-state index in [9.17, 15) is 60.0 Å². The number of carbonyl (C=O) groups is 4. The van der Waals surface area contributed by atoms with Gasteiger partial charge >= 0.3 is 5.97 Å². The van der Waals surface area contributed by atoms with Crippen molar-refractivity contribution < 1.29 is 79.0 Å². The monoisotopic (exact) mass is 820 g/mol. The van der Waals surface area contributed by atoms with Gasteiger partial charge in [0.1, 0.15) is 48.8 Å². The number of hydrogen-bond acceptors (Lipinski definition) is 15. The average molecular weight is 821 g/mol. The minimum atomic E-state index is -2.15. The highest BCUT2D eigenvalue weighted by Gasteiger charge is 2.71. The quantitative estimate of drug-likeness (QED) is 0.178. The van der Waals surface area contributed by atoms with Crippen LogP contribution in [0.25, 0.3) is 0 Å². The summed E-state index contributed by atoms with van der Waals surface area (Å²) in [5.74, 6) is -5.04. The number of allylic oxidation sites excluding steroid dienone is 2. The van der Waals surface area contributed by atoms with Crippen molar-refractivity contribution in [1.29, 1.82) is 0 Å². The number of rotatable bonds is 7. The average Bonchev–Trinajstić information content (AvgIpc) is 3.13. The van der Waals surface area contributed by atoms with Gasteiger partial charge in [-0.2, -0.15) is 0 Å². The molecule has 6 fully saturated rings. The summed E-state index contributed by atoms with van der Waals surface area (Å²) in [5, 5.41) is 87.1. The van der Waals surface area contributed by atoms with Crippen LogP contribution in [0.4, 0.5) is 0 Å². The summed E-state index contributed by atoms with van der Waals surface area (Å²) in [4.78, 5) is 51.1. The Bertz CT molecular complexity index is 1730. The molecule has 7 rings (SSSR count). The highest BCUT2D eigenvalue weighted by molar-refractivity contribution is 5.95. The van der Waals surface area contributed by atoms with Gasteiger partial charge in [0.15, 0.2) is 18.4 Å². The molecule has 0 aromatic carbocycles. The van der Waals surface area contributed by atoms with Gasteiger partial charge < -0.3 is 69.4 Å². The summed E-state index contributed by atoms with van der Waals surface area (Å²) >= 11 is 0. The standard InChI is InChI=1S/C42H62O16/c1-37(2)21-8-11-42(7)31(20(43)16-18-19-17-39(4,36(53)54)13-12-38(19,3)14-15-41(18,42)6)40(21,5)10-9-22(37)55-35-30(26(47)25(46)29(57-35)33(51)52)58-34-27(48)23(44)24(45)28(56-34)32(49)50/h16,19,21-31,34-35,44-48H,8-15,17H2,1-7H3,(H,49,50)(H,51,52)(H,53,54)/p-2. The molecule has 58 heavy (non-hydrogen) atoms. The molecule has 0 spiro atoms. The Hall–Kier alpha value is -2.54. The van der Waals surface area contributed by atoms with Gasteiger partial charge in [-0.25, -0.2) is 0 Å². The first-order valence-corrected chi connectivity index (χ1v) is 20.7. The van der Waals surface area contributed by atoms with Crippen molar-refractivity contribution in [2.75, 3.05) is 0 Å². The van der Waals surface area contributed by atoms with Gasteiger partial charge in [0.2, 0.25) is 0 Å². The van der Waals surface area contributed by atoms with E-state index in [0.29, 0.717) is 38.5 Å². The van der Waals surface area contributed by atoms with Crippen molar-refractivity contribution in [1.82, 2.24) is 0 Å². The van der Waals surface area contributed by atoms with Gasteiger partial charge in [-0.15, -0.1) is 0 Å². The van der Waals surface area contributed by atoms with E-state index >= 15 is 0 Å². The fourth-order valence-electron chi connectivity index (χ4n) is 13.4. The van der Waals surface area contributed by atoms with Crippen LogP contribution in [0, 0.1) is 50.2 Å². The number of aliphatic hydroxyl groups excluding tert-OH is 5. The summed E-state index contributed by atoms with van der Waals surface area (Å²) in [5.41, 5.74) is -1.89. The van der Waals surface area contributed by atoms with Crippen LogP contribution in [-0.4, -0.2) is 122 Å². The Morgan fingerprint density at radius 2 is 1.31 bits per heavy atom. The third-order valence-corrected chi connectivity index (χ3v) is 17.2. The fraction of sp³-hybridized carbons (Fsp3) is 0.857. The van der Waals surface area contributed by atoms with Crippen molar-refractivity contribution in [3.8, 4) is 0 Å². The van der Waals surface area contributed by atoms with Crippen LogP contribution in [0.2, 0.25) is 0 Å². The van der Waals surface area contributed by atoms with Crippen molar-refractivity contribution in [2.45, 2.75) is 174 Å². The molecular weight excluding hydrogens is 760 g/mol. The summed E-state index contributed by atoms with van der Waals surface area (Å²) in [6.07, 6.45) is -13.1. The summed E-state index contributed by atoms with van der Waals surface area (Å²) < 4.78 is 23.1. The lowest BCUT2D eigenvalue weighted by Crippen LogP contribution is -2.68. The van der Waals surface area contributed by atoms with Crippen LogP contribution < -0.4 is 10.2 Å². The molecule has 0 radical (unpaired) electrons. The molecule has 326 valence electrons. The number of carboxylic acids is 3. The maximum absolute atomic E-state index is 14.8. The molecule has 2 aliphatic heterocycles. The van der Waals surface area contributed by atoms with E-state index < -0.39 is 107 Å². The molecule has 0 aromatic heterocycles. The molecule has 2 saturated heterocycles. The Morgan fingerprint density at radius 1 is 0.724 bits per heavy atom. The smallest absolute Gasteiger partial charge is 0.309 e. The predicted molar refractivity (Wildman–Crippen MR) is 194 cm³/mol. The molecule has 7 aliphatic rings. The zero-order valence-electron chi connectivity index (χ0n) is 34.3. The number of aliphatic hydroxyl groups is 5. The number of ketones is 1. The SMILES string of the molecule is CC1(C(=O)O)CCC2(C)CCC3(C)C(=CC(=O)C4C5(C)CCC(OC6OC(C(=O)[O-])C(O)C(O)C6OC6OC(C(=O)[O-])C(O)C(O)C6O)C(C)(C)C5CCC43C)C2C1. The highest BCUT2D eigenvalue weighted by atomic mass is 16.8. The second kappa shape index (κ2) is 14.3. The van der Waals surface area contributed by atoms with Crippen molar-refractivity contribution >= 4 is 23.7 Å². The first kappa shape index (κ1) is 43.5. The molecule has 16 heteroatoms. The Labute approximate surface area is 337 Å². The summed E-state index contributed by atoms with van der Waals surface area (Å²) in [6, 6.07) is 0. The first-order chi connectivity index (χ1) is 26.8. The molecule has 0 amide bonds. The van der Waals surface area contributed by atoms with Crippen molar-refractivity contribution in [3.63, 3.8) is 0 Å². The van der Waals surface area contributed by atoms with Crippen LogP contribution in [0.1, 0.15) is 106 Å². The second-order valence-electron chi connectivity index (χ2n) is 20.6. The van der Waals surface area contributed by atoms with E-state index in [1.807, 2.05) is 26.8 Å². The zero-order valence-corrected chi connectivity index (χ0v) is 34.3. The van der Waals surface area contributed by atoms with Gasteiger partial charge in [-0.1, -0.05) is 47.1 Å². The molecule has 2 heterocycles. The Morgan fingerprint density at radius 3 is 1.91 bits per heavy atom. The Balaban J connectivity index is 1.17. The second-order valence-corrected chi connectivity index (χ2v) is 20.6. The van der Waals surface area contributed by atoms with Gasteiger partial charge in [-0.3, -0.25) is 9.59 Å². The summed E-state index contributed by atoms with van der Waals surface area (Å²) in [6.45, 7) is 14.8. The highest BCUT2D eigenvalue weighted by Crippen LogP contribution is 2.75. The lowest BCUT2D eigenvalue weighted by Gasteiger charge is -2.70. The molecule has 19 atom stereocenters. The number of carboxylic acid groups (broad SMARTS) is 3. The molecule has 5 aliphatic carbocycles. The van der Waals surface area contributed by atoms with E-state index in [0.717, 1.165) is 24.8 Å². The Kier molecular flexibility index (Phi) is 10.7. The van der Waals surface area contributed by atoms with E-state index in [2.05, 4.69) is 27.7 Å². The minimum absolute atomic E-state index is 0.0292. The number of ether oxygens (including phenoxy) is 4. The van der Waals surface area contributed by atoms with Gasteiger partial charge in [0, 0.05) is 5.92 Å². The van der Waals surface area contributed by atoms with Crippen LogP contribution in [0.5, 0.6) is 0 Å². The van der Waals surface area contributed by atoms with Crippen LogP contribution in [0.15, 0.2) is 11.6 Å². The number of fused-ring (bicyclic) bond motifs is 7. The van der Waals surface area contributed by atoms with E-state index in [-0.39, 0.29) is 34.4 Å². The van der Waals surface area contributed by atoms with Gasteiger partial charge in [0.05, 0.1) is 23.5 Å². The van der Waals surface area contributed by atoms with Gasteiger partial charge in [-0.05, 0) is 110 Å². The lowest BCUT2D eigenvalue weighted by molar-refractivity contribution is -0.391. The number of aliphatic carboxylic acids is 3. The van der Waals surface area contributed by atoms with Crippen molar-refractivity contribution in [3.05, 3.63) is 11.6 Å². The molecule has 6 N–H and O–H groups in total. The minimum Gasteiger partial charge on any atom is -0.547 e. The predicted octanol–water partition coefficient (Wildman–Crippen LogP) is -0.424. The third kappa shape index (κ3) is 6.25. The molecule has 16 nitrogen and oxygen atoms in total. The molecule has 19 unspecified atom stereocenters. The lowest BCUT2D eigenvalue weighted by atomic mass is 9.33. The van der Waals surface area contributed by atoms with Crippen molar-refractivity contribution in [2.24, 2.45) is 50.2 Å². The molecule has 0 aromatic rings. The largest absolute Gasteiger partial charge is 0.547 e. The van der Waals surface area contributed by atoms with E-state index in [1.165, 1.54) is 0 Å². The normalized spacial score (nSPS) is 52.6. The topological polar surface area (TPSA) is 273 Å². The third-order valence-electron chi connectivity index (χ3n) is 17.2.